The van der Waals surface area contributed by atoms with Crippen LogP contribution in [0.4, 0.5) is 0 Å². The van der Waals surface area contributed by atoms with Gasteiger partial charge in [-0.25, -0.2) is 4.79 Å². The molecule has 0 radical (unpaired) electrons. The van der Waals surface area contributed by atoms with E-state index in [0.717, 1.165) is 6.92 Å². The highest BCUT2D eigenvalue weighted by Crippen LogP contribution is 2.02. The number of aliphatic hydroxyl groups is 1. The van der Waals surface area contributed by atoms with Gasteiger partial charge >= 0.3 is 11.9 Å². The maximum Gasteiger partial charge on any atom is 0.326 e. The number of amides is 5. The lowest BCUT2D eigenvalue weighted by Gasteiger charge is -2.25. The predicted molar refractivity (Wildman–Crippen MR) is 103 cm³/mol. The zero-order chi connectivity index (χ0) is 25.2. The third-order valence-electron chi connectivity index (χ3n) is 3.85. The second-order valence-electron chi connectivity index (χ2n) is 6.73. The highest BCUT2D eigenvalue weighted by atomic mass is 16.4. The monoisotopic (exact) mass is 462 g/mol. The molecule has 0 saturated carbocycles. The summed E-state index contributed by atoms with van der Waals surface area (Å²) >= 11 is 0. The van der Waals surface area contributed by atoms with E-state index < -0.39 is 91.0 Å². The van der Waals surface area contributed by atoms with Gasteiger partial charge in [0, 0.05) is 0 Å². The molecule has 0 saturated heterocycles. The Labute approximate surface area is 180 Å². The molecule has 0 aliphatic rings. The van der Waals surface area contributed by atoms with E-state index in [1.807, 2.05) is 16.0 Å². The molecule has 180 valence electrons. The molecule has 0 spiro atoms. The van der Waals surface area contributed by atoms with Crippen molar-refractivity contribution in [3.8, 4) is 0 Å². The number of carbonyl (C=O) groups excluding carboxylic acids is 5. The number of carbonyl (C=O) groups is 7. The van der Waals surface area contributed by atoms with Crippen LogP contribution in [0.3, 0.4) is 0 Å². The maximum absolute atomic E-state index is 12.5. The normalized spacial score (nSPS) is 15.2. The number of aliphatic carboxylic acids is 2. The number of carboxylic acid groups (broad SMARTS) is 2. The van der Waals surface area contributed by atoms with Gasteiger partial charge in [-0.05, 0) is 6.92 Å². The average molecular weight is 462 g/mol. The van der Waals surface area contributed by atoms with Crippen LogP contribution in [0.25, 0.3) is 0 Å². The molecule has 0 bridgehead atoms. The van der Waals surface area contributed by atoms with Crippen LogP contribution in [0.1, 0.15) is 26.2 Å². The lowest BCUT2D eigenvalue weighted by molar-refractivity contribution is -0.145. The fourth-order valence-corrected chi connectivity index (χ4v) is 2.29. The zero-order valence-corrected chi connectivity index (χ0v) is 16.9. The van der Waals surface area contributed by atoms with Gasteiger partial charge in [0.2, 0.25) is 29.5 Å². The molecule has 16 nitrogen and oxygen atoms in total. The Morgan fingerprint density at radius 2 is 1.25 bits per heavy atom. The molecule has 12 N–H and O–H groups in total. The van der Waals surface area contributed by atoms with Gasteiger partial charge in [0.15, 0.2) is 0 Å². The highest BCUT2D eigenvalue weighted by Gasteiger charge is 2.33. The van der Waals surface area contributed by atoms with Crippen molar-refractivity contribution in [3.05, 3.63) is 0 Å². The van der Waals surface area contributed by atoms with Crippen LogP contribution >= 0.6 is 0 Å². The second kappa shape index (κ2) is 12.8. The minimum absolute atomic E-state index is 0.569. The maximum atomic E-state index is 12.5. The first kappa shape index (κ1) is 28.2. The van der Waals surface area contributed by atoms with Crippen LogP contribution in [-0.4, -0.2) is 87.1 Å². The Morgan fingerprint density at radius 3 is 1.66 bits per heavy atom. The van der Waals surface area contributed by atoms with E-state index in [0.29, 0.717) is 0 Å². The second-order valence-corrected chi connectivity index (χ2v) is 6.73. The van der Waals surface area contributed by atoms with E-state index in [-0.39, 0.29) is 0 Å². The van der Waals surface area contributed by atoms with E-state index >= 15 is 0 Å². The number of rotatable bonds is 14. The number of carboxylic acids is 2. The fourth-order valence-electron chi connectivity index (χ4n) is 2.29. The molecule has 0 fully saturated rings. The van der Waals surface area contributed by atoms with Crippen molar-refractivity contribution in [2.24, 2.45) is 17.2 Å². The fraction of sp³-hybridized carbons (Fsp3) is 0.562. The molecule has 0 aromatic rings. The van der Waals surface area contributed by atoms with Crippen molar-refractivity contribution in [2.75, 3.05) is 0 Å². The lowest BCUT2D eigenvalue weighted by Crippen LogP contribution is -2.60. The summed E-state index contributed by atoms with van der Waals surface area (Å²) in [5.74, 6) is -8.73. The molecule has 16 heteroatoms. The third kappa shape index (κ3) is 10.3. The van der Waals surface area contributed by atoms with Crippen molar-refractivity contribution >= 4 is 41.5 Å². The highest BCUT2D eigenvalue weighted by molar-refractivity contribution is 5.97. The van der Waals surface area contributed by atoms with Crippen LogP contribution in [-0.2, 0) is 33.6 Å². The van der Waals surface area contributed by atoms with Crippen LogP contribution in [0.15, 0.2) is 0 Å². The first-order chi connectivity index (χ1) is 14.6. The molecule has 5 amide bonds. The molecule has 32 heavy (non-hydrogen) atoms. The molecule has 0 heterocycles. The number of nitrogens with one attached hydrogen (secondary N) is 3. The van der Waals surface area contributed by atoms with Crippen LogP contribution in [0.2, 0.25) is 0 Å². The van der Waals surface area contributed by atoms with E-state index in [2.05, 4.69) is 0 Å². The van der Waals surface area contributed by atoms with Gasteiger partial charge < -0.3 is 48.5 Å². The first-order valence-electron chi connectivity index (χ1n) is 9.01. The smallest absolute Gasteiger partial charge is 0.326 e. The largest absolute Gasteiger partial charge is 0.481 e. The van der Waals surface area contributed by atoms with Gasteiger partial charge in [0.25, 0.3) is 0 Å². The minimum Gasteiger partial charge on any atom is -0.481 e. The number of hydrogen-bond donors (Lipinski definition) is 9. The minimum atomic E-state index is -1.85. The van der Waals surface area contributed by atoms with Crippen molar-refractivity contribution < 1.29 is 48.9 Å². The Kier molecular flexibility index (Phi) is 11.3. The van der Waals surface area contributed by atoms with Crippen molar-refractivity contribution in [3.63, 3.8) is 0 Å². The summed E-state index contributed by atoms with van der Waals surface area (Å²) in [6.07, 6.45) is -3.95. The van der Waals surface area contributed by atoms with E-state index in [4.69, 9.17) is 27.4 Å². The molecular formula is C16H26N6O10. The summed E-state index contributed by atoms with van der Waals surface area (Å²) in [6.45, 7) is 1.09. The lowest BCUT2D eigenvalue weighted by atomic mass is 10.1. The van der Waals surface area contributed by atoms with Gasteiger partial charge in [-0.3, -0.25) is 28.8 Å². The quantitative estimate of drug-likeness (QED) is 0.117. The van der Waals surface area contributed by atoms with E-state index in [1.165, 1.54) is 0 Å². The van der Waals surface area contributed by atoms with Gasteiger partial charge in [0.1, 0.15) is 18.1 Å². The molecule has 0 rings (SSSR count). The van der Waals surface area contributed by atoms with E-state index in [1.54, 1.807) is 0 Å². The van der Waals surface area contributed by atoms with Crippen LogP contribution in [0.5, 0.6) is 0 Å². The van der Waals surface area contributed by atoms with Gasteiger partial charge in [-0.15, -0.1) is 0 Å². The standard InChI is InChI=1S/C16H26N6O10/c1-5(23)12(22-13(28)6(17)2-9(18)24)15(30)20-7(4-11(26)27)14(29)21-8(16(31)32)3-10(19)25/h5-8,12,23H,2-4,17H2,1H3,(H2,18,24)(H2,19,25)(H,20,30)(H,21,29)(H,22,28)(H,26,27)(H,31,32). The van der Waals surface area contributed by atoms with Crippen molar-refractivity contribution in [1.29, 1.82) is 0 Å². The Bertz CT molecular complexity index is 770. The van der Waals surface area contributed by atoms with E-state index in [9.17, 15) is 38.7 Å². The Hall–Kier alpha value is -3.79. The predicted octanol–water partition coefficient (Wildman–Crippen LogP) is -5.54. The zero-order valence-electron chi connectivity index (χ0n) is 16.9. The molecule has 0 aliphatic carbocycles. The Morgan fingerprint density at radius 1 is 0.750 bits per heavy atom. The number of nitrogens with two attached hydrogens (primary N) is 3. The SMILES string of the molecule is CC(O)C(NC(=O)C(N)CC(N)=O)C(=O)NC(CC(=O)O)C(=O)NC(CC(N)=O)C(=O)O. The van der Waals surface area contributed by atoms with Crippen molar-refractivity contribution in [2.45, 2.75) is 56.5 Å². The van der Waals surface area contributed by atoms with Gasteiger partial charge in [-0.2, -0.15) is 0 Å². The Balaban J connectivity index is 5.49. The van der Waals surface area contributed by atoms with Crippen molar-refractivity contribution in [1.82, 2.24) is 16.0 Å². The topological polar surface area (TPSA) is 294 Å². The molecule has 0 aliphatic heterocycles. The average Bonchev–Trinajstić information content (AvgIpc) is 2.62. The summed E-state index contributed by atoms with van der Waals surface area (Å²) in [7, 11) is 0. The summed E-state index contributed by atoms with van der Waals surface area (Å²) in [5.41, 5.74) is 15.3. The van der Waals surface area contributed by atoms with Gasteiger partial charge in [0.05, 0.1) is 31.4 Å². The molecule has 5 unspecified atom stereocenters. The summed E-state index contributed by atoms with van der Waals surface area (Å²) in [5, 5.41) is 33.7. The summed E-state index contributed by atoms with van der Waals surface area (Å²) < 4.78 is 0. The first-order valence-corrected chi connectivity index (χ1v) is 9.01. The van der Waals surface area contributed by atoms with Crippen LogP contribution in [0, 0.1) is 0 Å². The summed E-state index contributed by atoms with van der Waals surface area (Å²) in [4.78, 5) is 80.8. The summed E-state index contributed by atoms with van der Waals surface area (Å²) in [6, 6.07) is -6.84. The molecule has 0 aromatic carbocycles. The molecule has 0 aromatic heterocycles. The van der Waals surface area contributed by atoms with Crippen LogP contribution < -0.4 is 33.2 Å². The van der Waals surface area contributed by atoms with Gasteiger partial charge in [-0.1, -0.05) is 0 Å². The molecule has 5 atom stereocenters. The number of hydrogen-bond acceptors (Lipinski definition) is 9. The number of aliphatic hydroxyl groups excluding tert-OH is 1. The number of primary amides is 2. The molecular weight excluding hydrogens is 436 g/mol. The third-order valence-corrected chi connectivity index (χ3v) is 3.85.